The minimum absolute atomic E-state index is 0.234. The molecular weight excluding hydrogens is 296 g/mol. The first-order valence-electron chi connectivity index (χ1n) is 8.92. The first-order chi connectivity index (χ1) is 10.3. The van der Waals surface area contributed by atoms with E-state index in [0.29, 0.717) is 37.6 Å². The smallest absolute Gasteiger partial charge is 0.351 e. The molecule has 0 spiro atoms. The van der Waals surface area contributed by atoms with Crippen LogP contribution in [0.5, 0.6) is 0 Å². The Bertz CT molecular complexity index is 257. The Morgan fingerprint density at radius 1 is 0.727 bits per heavy atom. The molecule has 0 saturated heterocycles. The fourth-order valence-electron chi connectivity index (χ4n) is 2.24. The standard InChI is InChI=1S/C17H36O4Si/c1-14(2)11-18-22(19-12-15(3)4,20-13-16(5)6)21-17-9-7-8-10-17/h14-17H,7-13H2,1-6H3. The van der Waals surface area contributed by atoms with Crippen LogP contribution in [0.25, 0.3) is 0 Å². The molecule has 5 heteroatoms. The topological polar surface area (TPSA) is 36.9 Å². The van der Waals surface area contributed by atoms with Gasteiger partial charge in [-0.1, -0.05) is 54.4 Å². The first kappa shape index (κ1) is 20.1. The van der Waals surface area contributed by atoms with E-state index in [9.17, 15) is 0 Å². The van der Waals surface area contributed by atoms with Crippen LogP contribution in [0, 0.1) is 17.8 Å². The zero-order chi connectivity index (χ0) is 16.6. The highest BCUT2D eigenvalue weighted by atomic mass is 28.4. The highest BCUT2D eigenvalue weighted by molar-refractivity contribution is 6.53. The number of hydrogen-bond donors (Lipinski definition) is 0. The maximum atomic E-state index is 6.32. The van der Waals surface area contributed by atoms with Gasteiger partial charge in [-0.2, -0.15) is 0 Å². The minimum Gasteiger partial charge on any atom is -0.351 e. The van der Waals surface area contributed by atoms with Crippen LogP contribution in [-0.4, -0.2) is 35.0 Å². The van der Waals surface area contributed by atoms with Crippen molar-refractivity contribution in [2.24, 2.45) is 17.8 Å². The predicted molar refractivity (Wildman–Crippen MR) is 91.5 cm³/mol. The maximum Gasteiger partial charge on any atom is 0.679 e. The molecule has 0 unspecified atom stereocenters. The lowest BCUT2D eigenvalue weighted by molar-refractivity contribution is -0.0665. The molecule has 0 atom stereocenters. The summed E-state index contributed by atoms with van der Waals surface area (Å²) in [7, 11) is -3.05. The van der Waals surface area contributed by atoms with E-state index in [1.807, 2.05) is 0 Å². The second-order valence-electron chi connectivity index (χ2n) is 7.64. The molecule has 22 heavy (non-hydrogen) atoms. The van der Waals surface area contributed by atoms with E-state index in [2.05, 4.69) is 41.5 Å². The van der Waals surface area contributed by atoms with Gasteiger partial charge >= 0.3 is 9.05 Å². The molecule has 0 N–H and O–H groups in total. The molecule has 1 aliphatic carbocycles. The summed E-state index contributed by atoms with van der Waals surface area (Å²) in [4.78, 5) is 0. The Hall–Kier alpha value is 0.0569. The summed E-state index contributed by atoms with van der Waals surface area (Å²) < 4.78 is 24.7. The summed E-state index contributed by atoms with van der Waals surface area (Å²) in [5.74, 6) is 1.30. The summed E-state index contributed by atoms with van der Waals surface area (Å²) in [5.41, 5.74) is 0. The zero-order valence-electron chi connectivity index (χ0n) is 15.4. The Morgan fingerprint density at radius 3 is 1.41 bits per heavy atom. The Balaban J connectivity index is 2.76. The molecule has 132 valence electrons. The maximum absolute atomic E-state index is 6.32. The van der Waals surface area contributed by atoms with E-state index >= 15 is 0 Å². The van der Waals surface area contributed by atoms with Gasteiger partial charge in [0.2, 0.25) is 0 Å². The van der Waals surface area contributed by atoms with Crippen LogP contribution in [0.1, 0.15) is 67.2 Å². The van der Waals surface area contributed by atoms with Crippen molar-refractivity contribution in [3.05, 3.63) is 0 Å². The average Bonchev–Trinajstić information content (AvgIpc) is 2.93. The quantitative estimate of drug-likeness (QED) is 0.526. The van der Waals surface area contributed by atoms with Crippen LogP contribution >= 0.6 is 0 Å². The largest absolute Gasteiger partial charge is 0.679 e. The van der Waals surface area contributed by atoms with Gasteiger partial charge in [-0.05, 0) is 30.6 Å². The van der Waals surface area contributed by atoms with Gasteiger partial charge in [0.1, 0.15) is 0 Å². The fourth-order valence-corrected chi connectivity index (χ4v) is 4.95. The van der Waals surface area contributed by atoms with E-state index in [0.717, 1.165) is 12.8 Å². The fraction of sp³-hybridized carbons (Fsp3) is 1.00. The zero-order valence-corrected chi connectivity index (χ0v) is 16.4. The van der Waals surface area contributed by atoms with Gasteiger partial charge in [0.05, 0.1) is 6.10 Å². The SMILES string of the molecule is CC(C)CO[Si](OCC(C)C)(OCC(C)C)OC1CCCC1. The monoisotopic (exact) mass is 332 g/mol. The van der Waals surface area contributed by atoms with Crippen LogP contribution in [0.15, 0.2) is 0 Å². The van der Waals surface area contributed by atoms with Crippen molar-refractivity contribution in [1.29, 1.82) is 0 Å². The van der Waals surface area contributed by atoms with Crippen LogP contribution in [-0.2, 0) is 17.7 Å². The van der Waals surface area contributed by atoms with Crippen molar-refractivity contribution in [2.75, 3.05) is 19.8 Å². The average molecular weight is 333 g/mol. The minimum atomic E-state index is -3.05. The van der Waals surface area contributed by atoms with E-state index in [1.54, 1.807) is 0 Å². The van der Waals surface area contributed by atoms with Crippen molar-refractivity contribution < 1.29 is 17.7 Å². The first-order valence-corrected chi connectivity index (χ1v) is 10.6. The van der Waals surface area contributed by atoms with Gasteiger partial charge in [-0.3, -0.25) is 0 Å². The second kappa shape index (κ2) is 10.0. The molecule has 4 nitrogen and oxygen atoms in total. The van der Waals surface area contributed by atoms with Gasteiger partial charge in [0, 0.05) is 19.8 Å². The lowest BCUT2D eigenvalue weighted by atomic mass is 10.2. The van der Waals surface area contributed by atoms with Gasteiger partial charge in [0.25, 0.3) is 0 Å². The van der Waals surface area contributed by atoms with Gasteiger partial charge in [0.15, 0.2) is 0 Å². The van der Waals surface area contributed by atoms with Gasteiger partial charge < -0.3 is 17.7 Å². The van der Waals surface area contributed by atoms with Gasteiger partial charge in [-0.15, -0.1) is 0 Å². The summed E-state index contributed by atoms with van der Waals surface area (Å²) in [6.45, 7) is 14.7. The molecule has 0 aromatic carbocycles. The lowest BCUT2D eigenvalue weighted by Gasteiger charge is -2.32. The second-order valence-corrected chi connectivity index (χ2v) is 9.74. The predicted octanol–water partition coefficient (Wildman–Crippen LogP) is 4.40. The van der Waals surface area contributed by atoms with Crippen molar-refractivity contribution >= 4 is 9.05 Å². The third-order valence-electron chi connectivity index (χ3n) is 3.39. The van der Waals surface area contributed by atoms with Crippen LogP contribution in [0.2, 0.25) is 0 Å². The van der Waals surface area contributed by atoms with E-state index < -0.39 is 9.05 Å². The van der Waals surface area contributed by atoms with Crippen LogP contribution < -0.4 is 0 Å². The number of hydrogen-bond acceptors (Lipinski definition) is 4. The molecule has 0 heterocycles. The van der Waals surface area contributed by atoms with E-state index in [4.69, 9.17) is 17.7 Å². The van der Waals surface area contributed by atoms with Crippen LogP contribution in [0.4, 0.5) is 0 Å². The molecule has 1 aliphatic rings. The Morgan fingerprint density at radius 2 is 1.09 bits per heavy atom. The third kappa shape index (κ3) is 8.06. The molecule has 0 radical (unpaired) electrons. The molecule has 1 fully saturated rings. The van der Waals surface area contributed by atoms with Crippen molar-refractivity contribution in [2.45, 2.75) is 73.3 Å². The molecule has 0 aromatic rings. The summed E-state index contributed by atoms with van der Waals surface area (Å²) >= 11 is 0. The molecule has 1 rings (SSSR count). The third-order valence-corrected chi connectivity index (χ3v) is 5.58. The summed E-state index contributed by atoms with van der Waals surface area (Å²) in [6.07, 6.45) is 4.88. The summed E-state index contributed by atoms with van der Waals surface area (Å²) in [6, 6.07) is 0. The highest BCUT2D eigenvalue weighted by Gasteiger charge is 2.48. The van der Waals surface area contributed by atoms with E-state index in [1.165, 1.54) is 12.8 Å². The highest BCUT2D eigenvalue weighted by Crippen LogP contribution is 2.27. The molecule has 0 bridgehead atoms. The Kier molecular flexibility index (Phi) is 9.17. The van der Waals surface area contributed by atoms with Crippen molar-refractivity contribution in [3.8, 4) is 0 Å². The van der Waals surface area contributed by atoms with Crippen LogP contribution in [0.3, 0.4) is 0 Å². The molecule has 0 aliphatic heterocycles. The summed E-state index contributed by atoms with van der Waals surface area (Å²) in [5, 5.41) is 0. The number of rotatable bonds is 11. The normalized spacial score (nSPS) is 17.3. The van der Waals surface area contributed by atoms with Crippen molar-refractivity contribution in [3.63, 3.8) is 0 Å². The molecule has 1 saturated carbocycles. The van der Waals surface area contributed by atoms with Gasteiger partial charge in [-0.25, -0.2) is 0 Å². The molecule has 0 amide bonds. The Labute approximate surface area is 138 Å². The van der Waals surface area contributed by atoms with Crippen molar-refractivity contribution in [1.82, 2.24) is 0 Å². The lowest BCUT2D eigenvalue weighted by Crippen LogP contribution is -2.53. The molecular formula is C17H36O4Si. The van der Waals surface area contributed by atoms with E-state index in [-0.39, 0.29) is 6.10 Å². The molecule has 0 aromatic heterocycles.